The number of primary amides is 1. The number of amides is 3. The molecule has 4 rings (SSSR count). The van der Waals surface area contributed by atoms with E-state index in [1.807, 2.05) is 36.4 Å². The standard InChI is InChI=1S/C40H50N6O7/c1-3-46(4-2)34-12-13-36(35(28-34)37-27-31(38(41)47)14-16-43-37)45-40(49)32-10-5-8-30(26-32)9-7-18-50-20-22-52-24-25-53-23-21-51-19-17-44-39(48)33-11-6-15-42-29-33/h5-6,8,10-16,26-29H,3-4,7,9,17-25H2,1-2H3,(H2,41,47)(H,44,48)(H,45,49). The zero-order valence-corrected chi connectivity index (χ0v) is 30.6. The molecule has 0 unspecified atom stereocenters. The van der Waals surface area contributed by atoms with E-state index in [0.29, 0.717) is 93.0 Å². The van der Waals surface area contributed by atoms with Crippen LogP contribution < -0.4 is 21.3 Å². The third-order valence-electron chi connectivity index (χ3n) is 8.22. The molecule has 53 heavy (non-hydrogen) atoms. The van der Waals surface area contributed by atoms with Gasteiger partial charge in [0.05, 0.1) is 63.2 Å². The SMILES string of the molecule is CCN(CC)c1ccc(NC(=O)c2cccc(CCCOCCOCCOCCOCCNC(=O)c3cccnc3)c2)c(-c2cc(C(N)=O)ccn2)c1. The van der Waals surface area contributed by atoms with Gasteiger partial charge in [0.2, 0.25) is 5.91 Å². The average Bonchev–Trinajstić information content (AvgIpc) is 3.19. The number of hydrogen-bond donors (Lipinski definition) is 3. The highest BCUT2D eigenvalue weighted by Crippen LogP contribution is 2.32. The number of anilines is 2. The van der Waals surface area contributed by atoms with Crippen molar-refractivity contribution in [3.05, 3.63) is 108 Å². The van der Waals surface area contributed by atoms with E-state index in [2.05, 4.69) is 39.3 Å². The van der Waals surface area contributed by atoms with Crippen LogP contribution in [0.2, 0.25) is 0 Å². The van der Waals surface area contributed by atoms with E-state index >= 15 is 0 Å². The topological polar surface area (TPSA) is 167 Å². The lowest BCUT2D eigenvalue weighted by atomic mass is 10.0. The van der Waals surface area contributed by atoms with Crippen molar-refractivity contribution in [2.45, 2.75) is 26.7 Å². The van der Waals surface area contributed by atoms with Crippen LogP contribution in [0.5, 0.6) is 0 Å². The highest BCUT2D eigenvalue weighted by Gasteiger charge is 2.16. The van der Waals surface area contributed by atoms with Crippen molar-refractivity contribution in [2.24, 2.45) is 5.73 Å². The molecule has 3 amide bonds. The predicted molar refractivity (Wildman–Crippen MR) is 204 cm³/mol. The van der Waals surface area contributed by atoms with Crippen LogP contribution in [0.4, 0.5) is 11.4 Å². The van der Waals surface area contributed by atoms with Gasteiger partial charge in [-0.3, -0.25) is 24.4 Å². The van der Waals surface area contributed by atoms with E-state index < -0.39 is 5.91 Å². The number of carbonyl (C=O) groups is 3. The number of nitrogens with two attached hydrogens (primary N) is 1. The van der Waals surface area contributed by atoms with Crippen molar-refractivity contribution in [3.63, 3.8) is 0 Å². The molecule has 13 heteroatoms. The van der Waals surface area contributed by atoms with Crippen molar-refractivity contribution < 1.29 is 33.3 Å². The number of hydrogen-bond acceptors (Lipinski definition) is 10. The van der Waals surface area contributed by atoms with Crippen molar-refractivity contribution in [3.8, 4) is 11.3 Å². The van der Waals surface area contributed by atoms with E-state index in [-0.39, 0.29) is 11.8 Å². The summed E-state index contributed by atoms with van der Waals surface area (Å²) in [6.45, 7) is 9.88. The molecule has 0 bridgehead atoms. The Labute approximate surface area is 311 Å². The highest BCUT2D eigenvalue weighted by molar-refractivity contribution is 6.06. The second-order valence-corrected chi connectivity index (χ2v) is 11.9. The van der Waals surface area contributed by atoms with Crippen LogP contribution in [0.25, 0.3) is 11.3 Å². The molecule has 0 spiro atoms. The van der Waals surface area contributed by atoms with Gasteiger partial charge in [-0.25, -0.2) is 0 Å². The molecule has 0 fully saturated rings. The van der Waals surface area contributed by atoms with Gasteiger partial charge in [0.1, 0.15) is 0 Å². The number of aromatic nitrogens is 2. The van der Waals surface area contributed by atoms with Crippen LogP contribution in [0.1, 0.15) is 56.9 Å². The largest absolute Gasteiger partial charge is 0.379 e. The Morgan fingerprint density at radius 1 is 0.717 bits per heavy atom. The van der Waals surface area contributed by atoms with Gasteiger partial charge in [0.25, 0.3) is 11.8 Å². The number of aryl methyl sites for hydroxylation is 1. The third-order valence-corrected chi connectivity index (χ3v) is 8.22. The normalized spacial score (nSPS) is 10.9. The van der Waals surface area contributed by atoms with Crippen LogP contribution >= 0.6 is 0 Å². The van der Waals surface area contributed by atoms with E-state index in [1.54, 1.807) is 42.7 Å². The van der Waals surface area contributed by atoms with E-state index in [1.165, 1.54) is 6.20 Å². The molecular weight excluding hydrogens is 676 g/mol. The van der Waals surface area contributed by atoms with Crippen LogP contribution in [0.3, 0.4) is 0 Å². The maximum Gasteiger partial charge on any atom is 0.255 e. The molecule has 0 aliphatic rings. The minimum Gasteiger partial charge on any atom is -0.379 e. The lowest BCUT2D eigenvalue weighted by molar-refractivity contribution is -0.00158. The summed E-state index contributed by atoms with van der Waals surface area (Å²) in [5.41, 5.74) is 10.8. The van der Waals surface area contributed by atoms with E-state index in [4.69, 9.17) is 24.7 Å². The van der Waals surface area contributed by atoms with Crippen LogP contribution in [0, 0.1) is 0 Å². The molecule has 2 aromatic heterocycles. The number of nitrogens with zero attached hydrogens (tertiary/aromatic N) is 3. The van der Waals surface area contributed by atoms with Crippen LogP contribution in [-0.4, -0.2) is 100 Å². The monoisotopic (exact) mass is 726 g/mol. The average molecular weight is 727 g/mol. The fraction of sp³-hybridized carbons (Fsp3) is 0.375. The predicted octanol–water partition coefficient (Wildman–Crippen LogP) is 4.77. The molecule has 4 N–H and O–H groups in total. The van der Waals surface area contributed by atoms with Gasteiger partial charge >= 0.3 is 0 Å². The molecule has 0 saturated heterocycles. The van der Waals surface area contributed by atoms with E-state index in [9.17, 15) is 14.4 Å². The second-order valence-electron chi connectivity index (χ2n) is 11.9. The smallest absolute Gasteiger partial charge is 0.255 e. The van der Waals surface area contributed by atoms with Crippen molar-refractivity contribution in [2.75, 3.05) is 82.7 Å². The number of ether oxygens (including phenoxy) is 4. The lowest BCUT2D eigenvalue weighted by Crippen LogP contribution is -2.27. The number of rotatable bonds is 24. The van der Waals surface area contributed by atoms with Crippen molar-refractivity contribution in [1.29, 1.82) is 0 Å². The first-order valence-corrected chi connectivity index (χ1v) is 17.9. The fourth-order valence-corrected chi connectivity index (χ4v) is 5.41. The van der Waals surface area contributed by atoms with Gasteiger partial charge in [-0.05, 0) is 86.8 Å². The van der Waals surface area contributed by atoms with Gasteiger partial charge < -0.3 is 40.2 Å². The molecule has 2 heterocycles. The summed E-state index contributed by atoms with van der Waals surface area (Å²) in [6, 6.07) is 20.0. The van der Waals surface area contributed by atoms with Gasteiger partial charge in [-0.1, -0.05) is 12.1 Å². The Morgan fingerprint density at radius 3 is 2.09 bits per heavy atom. The summed E-state index contributed by atoms with van der Waals surface area (Å²) in [5.74, 6) is -0.974. The molecule has 13 nitrogen and oxygen atoms in total. The van der Waals surface area contributed by atoms with Gasteiger partial charge in [0, 0.05) is 67.2 Å². The minimum atomic E-state index is -0.547. The number of benzene rings is 2. The fourth-order valence-electron chi connectivity index (χ4n) is 5.41. The first-order chi connectivity index (χ1) is 25.9. The van der Waals surface area contributed by atoms with Gasteiger partial charge in [-0.15, -0.1) is 0 Å². The summed E-state index contributed by atoms with van der Waals surface area (Å²) in [7, 11) is 0. The summed E-state index contributed by atoms with van der Waals surface area (Å²) in [5, 5.41) is 5.83. The number of pyridine rings is 2. The Bertz CT molecular complexity index is 1740. The summed E-state index contributed by atoms with van der Waals surface area (Å²) < 4.78 is 22.3. The zero-order chi connectivity index (χ0) is 37.7. The van der Waals surface area contributed by atoms with Crippen LogP contribution in [0.15, 0.2) is 85.3 Å². The van der Waals surface area contributed by atoms with Gasteiger partial charge in [-0.2, -0.15) is 0 Å². The maximum atomic E-state index is 13.4. The molecule has 0 radical (unpaired) electrons. The molecule has 4 aromatic rings. The molecule has 0 aliphatic heterocycles. The summed E-state index contributed by atoms with van der Waals surface area (Å²) in [6.07, 6.45) is 6.23. The Morgan fingerprint density at radius 2 is 1.42 bits per heavy atom. The Kier molecular flexibility index (Phi) is 17.3. The summed E-state index contributed by atoms with van der Waals surface area (Å²) >= 11 is 0. The Balaban J connectivity index is 1.11. The molecule has 0 saturated carbocycles. The quantitative estimate of drug-likeness (QED) is 0.0857. The second kappa shape index (κ2) is 22.7. The van der Waals surface area contributed by atoms with E-state index in [0.717, 1.165) is 37.2 Å². The molecule has 0 atom stereocenters. The van der Waals surface area contributed by atoms with Crippen LogP contribution in [-0.2, 0) is 25.4 Å². The first-order valence-electron chi connectivity index (χ1n) is 17.9. The zero-order valence-electron chi connectivity index (χ0n) is 30.6. The number of carbonyl (C=O) groups excluding carboxylic acids is 3. The maximum absolute atomic E-state index is 13.4. The Hall–Kier alpha value is -5.21. The van der Waals surface area contributed by atoms with Crippen molar-refractivity contribution in [1.82, 2.24) is 15.3 Å². The lowest BCUT2D eigenvalue weighted by Gasteiger charge is -2.23. The molecule has 0 aliphatic carbocycles. The molecular formula is C40H50N6O7. The summed E-state index contributed by atoms with van der Waals surface area (Å²) in [4.78, 5) is 47.9. The number of nitrogens with one attached hydrogen (secondary N) is 2. The highest BCUT2D eigenvalue weighted by atomic mass is 16.6. The minimum absolute atomic E-state index is 0.179. The molecule has 2 aromatic carbocycles. The van der Waals surface area contributed by atoms with Crippen molar-refractivity contribution >= 4 is 29.1 Å². The third kappa shape index (κ3) is 13.7. The van der Waals surface area contributed by atoms with Gasteiger partial charge in [0.15, 0.2) is 0 Å². The molecule has 282 valence electrons. The first kappa shape index (κ1) is 40.6.